The lowest BCUT2D eigenvalue weighted by molar-refractivity contribution is -0.0348. The number of phenolic OH excluding ortho intramolecular Hbond substituents is 1. The number of nitrogens with zero attached hydrogens (tertiary/aromatic N) is 1. The van der Waals surface area contributed by atoms with Crippen LogP contribution in [0.3, 0.4) is 0 Å². The highest BCUT2D eigenvalue weighted by atomic mass is 16.5. The van der Waals surface area contributed by atoms with Gasteiger partial charge in [-0.3, -0.25) is 4.90 Å². The largest absolute Gasteiger partial charge is 0.508 e. The average Bonchev–Trinajstić information content (AvgIpc) is 2.84. The number of hydrogen-bond acceptors (Lipinski definition) is 4. The summed E-state index contributed by atoms with van der Waals surface area (Å²) < 4.78 is 11.4. The fourth-order valence-corrected chi connectivity index (χ4v) is 2.56. The van der Waals surface area contributed by atoms with Crippen LogP contribution in [0.25, 0.3) is 0 Å². The molecule has 0 saturated carbocycles. The van der Waals surface area contributed by atoms with Gasteiger partial charge in [0.1, 0.15) is 17.3 Å². The number of aryl methyl sites for hydroxylation is 1. The van der Waals surface area contributed by atoms with E-state index < -0.39 is 0 Å². The van der Waals surface area contributed by atoms with Gasteiger partial charge in [-0.1, -0.05) is 12.1 Å². The van der Waals surface area contributed by atoms with Crippen LogP contribution in [0, 0.1) is 6.92 Å². The Morgan fingerprint density at radius 3 is 2.95 bits per heavy atom. The maximum atomic E-state index is 9.56. The molecule has 4 nitrogen and oxygen atoms in total. The standard InChI is InChI=1S/C16H19NO3/c1-12-5-6-15(20-12)10-17-7-8-19-16(11-17)13-3-2-4-14(18)9-13/h2-6,9,16,18H,7-8,10-11H2,1H3. The highest BCUT2D eigenvalue weighted by molar-refractivity contribution is 5.29. The summed E-state index contributed by atoms with van der Waals surface area (Å²) in [6, 6.07) is 11.3. The van der Waals surface area contributed by atoms with E-state index in [0.717, 1.165) is 36.7 Å². The van der Waals surface area contributed by atoms with Crippen molar-refractivity contribution in [3.8, 4) is 5.75 Å². The molecule has 1 aliphatic heterocycles. The Balaban J connectivity index is 1.67. The highest BCUT2D eigenvalue weighted by Gasteiger charge is 2.22. The van der Waals surface area contributed by atoms with Crippen molar-refractivity contribution in [2.75, 3.05) is 19.7 Å². The zero-order valence-corrected chi connectivity index (χ0v) is 11.6. The molecule has 0 spiro atoms. The first-order chi connectivity index (χ1) is 9.70. The van der Waals surface area contributed by atoms with E-state index in [4.69, 9.17) is 9.15 Å². The lowest BCUT2D eigenvalue weighted by atomic mass is 10.1. The molecule has 0 radical (unpaired) electrons. The SMILES string of the molecule is Cc1ccc(CN2CCOC(c3cccc(O)c3)C2)o1. The number of ether oxygens (including phenoxy) is 1. The third kappa shape index (κ3) is 3.03. The molecule has 2 aromatic rings. The third-order valence-electron chi connectivity index (χ3n) is 3.57. The van der Waals surface area contributed by atoms with Gasteiger partial charge in [0, 0.05) is 13.1 Å². The molecule has 1 fully saturated rings. The first kappa shape index (κ1) is 13.2. The molecule has 1 aromatic carbocycles. The minimum absolute atomic E-state index is 0.00640. The molecule has 0 amide bonds. The molecule has 1 N–H and O–H groups in total. The van der Waals surface area contributed by atoms with Crippen molar-refractivity contribution in [2.24, 2.45) is 0 Å². The van der Waals surface area contributed by atoms with Crippen LogP contribution in [0.15, 0.2) is 40.8 Å². The second-order valence-corrected chi connectivity index (χ2v) is 5.20. The van der Waals surface area contributed by atoms with Gasteiger partial charge in [-0.15, -0.1) is 0 Å². The van der Waals surface area contributed by atoms with Crippen molar-refractivity contribution in [3.05, 3.63) is 53.5 Å². The fourth-order valence-electron chi connectivity index (χ4n) is 2.56. The Kier molecular flexibility index (Phi) is 3.76. The summed E-state index contributed by atoms with van der Waals surface area (Å²) in [6.45, 7) is 5.16. The van der Waals surface area contributed by atoms with Gasteiger partial charge in [-0.25, -0.2) is 0 Å². The van der Waals surface area contributed by atoms with E-state index in [1.807, 2.05) is 31.2 Å². The summed E-state index contributed by atoms with van der Waals surface area (Å²) in [5.74, 6) is 2.21. The topological polar surface area (TPSA) is 45.8 Å². The van der Waals surface area contributed by atoms with Gasteiger partial charge >= 0.3 is 0 Å². The number of benzene rings is 1. The number of aromatic hydroxyl groups is 1. The average molecular weight is 273 g/mol. The Labute approximate surface area is 118 Å². The predicted molar refractivity (Wildman–Crippen MR) is 75.5 cm³/mol. The van der Waals surface area contributed by atoms with E-state index >= 15 is 0 Å². The van der Waals surface area contributed by atoms with Crippen molar-refractivity contribution in [1.82, 2.24) is 4.90 Å². The lowest BCUT2D eigenvalue weighted by Crippen LogP contribution is -2.37. The molecule has 1 aromatic heterocycles. The van der Waals surface area contributed by atoms with Gasteiger partial charge in [0.05, 0.1) is 19.3 Å². The van der Waals surface area contributed by atoms with Gasteiger partial charge in [-0.2, -0.15) is 0 Å². The maximum absolute atomic E-state index is 9.56. The molecular weight excluding hydrogens is 254 g/mol. The maximum Gasteiger partial charge on any atom is 0.118 e. The number of morpholine rings is 1. The van der Waals surface area contributed by atoms with Crippen LogP contribution in [0.4, 0.5) is 0 Å². The van der Waals surface area contributed by atoms with Crippen molar-refractivity contribution in [1.29, 1.82) is 0 Å². The van der Waals surface area contributed by atoms with Crippen molar-refractivity contribution >= 4 is 0 Å². The van der Waals surface area contributed by atoms with Gasteiger partial charge < -0.3 is 14.3 Å². The van der Waals surface area contributed by atoms with Crippen LogP contribution in [0.5, 0.6) is 5.75 Å². The zero-order chi connectivity index (χ0) is 13.9. The fraction of sp³-hybridized carbons (Fsp3) is 0.375. The van der Waals surface area contributed by atoms with Gasteiger partial charge in [0.2, 0.25) is 0 Å². The Morgan fingerprint density at radius 1 is 1.30 bits per heavy atom. The number of phenols is 1. The second kappa shape index (κ2) is 5.69. The molecule has 1 unspecified atom stereocenters. The smallest absolute Gasteiger partial charge is 0.118 e. The molecule has 1 atom stereocenters. The molecule has 0 bridgehead atoms. The van der Waals surface area contributed by atoms with E-state index in [2.05, 4.69) is 4.90 Å². The minimum atomic E-state index is 0.00640. The van der Waals surface area contributed by atoms with Crippen molar-refractivity contribution in [2.45, 2.75) is 19.6 Å². The molecule has 20 heavy (non-hydrogen) atoms. The van der Waals surface area contributed by atoms with Crippen molar-refractivity contribution < 1.29 is 14.3 Å². The van der Waals surface area contributed by atoms with Crippen LogP contribution < -0.4 is 0 Å². The van der Waals surface area contributed by atoms with Crippen LogP contribution >= 0.6 is 0 Å². The molecule has 1 saturated heterocycles. The molecule has 3 rings (SSSR count). The summed E-state index contributed by atoms with van der Waals surface area (Å²) in [4.78, 5) is 2.32. The van der Waals surface area contributed by atoms with E-state index in [1.165, 1.54) is 0 Å². The molecule has 106 valence electrons. The van der Waals surface area contributed by atoms with Crippen molar-refractivity contribution in [3.63, 3.8) is 0 Å². The molecule has 1 aliphatic rings. The van der Waals surface area contributed by atoms with Crippen LogP contribution in [-0.4, -0.2) is 29.7 Å². The van der Waals surface area contributed by atoms with Gasteiger partial charge in [0.25, 0.3) is 0 Å². The van der Waals surface area contributed by atoms with E-state index in [0.29, 0.717) is 6.61 Å². The predicted octanol–water partition coefficient (Wildman–Crippen LogP) is 2.87. The quantitative estimate of drug-likeness (QED) is 0.934. The monoisotopic (exact) mass is 273 g/mol. The van der Waals surface area contributed by atoms with E-state index in [-0.39, 0.29) is 11.9 Å². The first-order valence-corrected chi connectivity index (χ1v) is 6.89. The molecule has 2 heterocycles. The molecular formula is C16H19NO3. The number of hydrogen-bond donors (Lipinski definition) is 1. The lowest BCUT2D eigenvalue weighted by Gasteiger charge is -2.32. The summed E-state index contributed by atoms with van der Waals surface area (Å²) in [7, 11) is 0. The van der Waals surface area contributed by atoms with Crippen LogP contribution in [0.1, 0.15) is 23.2 Å². The number of furan rings is 1. The highest BCUT2D eigenvalue weighted by Crippen LogP contribution is 2.25. The first-order valence-electron chi connectivity index (χ1n) is 6.89. The molecule has 4 heteroatoms. The zero-order valence-electron chi connectivity index (χ0n) is 11.6. The summed E-state index contributed by atoms with van der Waals surface area (Å²) >= 11 is 0. The summed E-state index contributed by atoms with van der Waals surface area (Å²) in [5, 5.41) is 9.56. The number of rotatable bonds is 3. The summed E-state index contributed by atoms with van der Waals surface area (Å²) in [5.41, 5.74) is 1.02. The van der Waals surface area contributed by atoms with E-state index in [9.17, 15) is 5.11 Å². The Bertz CT molecular complexity index is 579. The minimum Gasteiger partial charge on any atom is -0.508 e. The summed E-state index contributed by atoms with van der Waals surface area (Å²) in [6.07, 6.45) is 0.00640. The Morgan fingerprint density at radius 2 is 2.20 bits per heavy atom. The van der Waals surface area contributed by atoms with Crippen LogP contribution in [0.2, 0.25) is 0 Å². The second-order valence-electron chi connectivity index (χ2n) is 5.20. The third-order valence-corrected chi connectivity index (χ3v) is 3.57. The Hall–Kier alpha value is -1.78. The van der Waals surface area contributed by atoms with Gasteiger partial charge in [0.15, 0.2) is 0 Å². The van der Waals surface area contributed by atoms with E-state index in [1.54, 1.807) is 12.1 Å². The molecule has 0 aliphatic carbocycles. The van der Waals surface area contributed by atoms with Crippen LogP contribution in [-0.2, 0) is 11.3 Å². The van der Waals surface area contributed by atoms with Gasteiger partial charge in [-0.05, 0) is 36.8 Å². The normalized spacial score (nSPS) is 20.1.